The van der Waals surface area contributed by atoms with Gasteiger partial charge in [-0.15, -0.1) is 11.3 Å². The fourth-order valence-electron chi connectivity index (χ4n) is 2.46. The number of ether oxygens (including phenoxy) is 1. The van der Waals surface area contributed by atoms with Gasteiger partial charge in [-0.25, -0.2) is 4.68 Å². The summed E-state index contributed by atoms with van der Waals surface area (Å²) in [6.45, 7) is 6.48. The van der Waals surface area contributed by atoms with Crippen LogP contribution < -0.4 is 9.54 Å². The van der Waals surface area contributed by atoms with Crippen molar-refractivity contribution in [3.8, 4) is 17.0 Å². The van der Waals surface area contributed by atoms with Gasteiger partial charge in [0.05, 0.1) is 25.6 Å². The van der Waals surface area contributed by atoms with Crippen LogP contribution in [-0.4, -0.2) is 24.5 Å². The summed E-state index contributed by atoms with van der Waals surface area (Å²) in [5.74, 6) is 0.806. The van der Waals surface area contributed by atoms with Crippen LogP contribution in [0.25, 0.3) is 11.3 Å². The third-order valence-corrected chi connectivity index (χ3v) is 5.61. The molecule has 0 aliphatic rings. The van der Waals surface area contributed by atoms with Crippen LogP contribution >= 0.6 is 33.9 Å². The van der Waals surface area contributed by atoms with Gasteiger partial charge in [-0.05, 0) is 47.7 Å². The number of hydrogen-bond acceptors (Lipinski definition) is 4. The molecule has 0 unspecified atom stereocenters. The molecule has 3 rings (SSSR count). The number of nitrogens with zero attached hydrogens (tertiary/aromatic N) is 3. The van der Waals surface area contributed by atoms with E-state index < -0.39 is 0 Å². The first-order valence-corrected chi connectivity index (χ1v) is 10.3. The second kappa shape index (κ2) is 9.14. The van der Waals surface area contributed by atoms with Gasteiger partial charge in [-0.2, -0.15) is 5.10 Å². The van der Waals surface area contributed by atoms with Gasteiger partial charge < -0.3 is 4.74 Å². The van der Waals surface area contributed by atoms with Crippen molar-refractivity contribution in [3.05, 3.63) is 80.0 Å². The Morgan fingerprint density at radius 3 is 2.70 bits per heavy atom. The molecule has 0 N–H and O–H groups in total. The van der Waals surface area contributed by atoms with Gasteiger partial charge in [0, 0.05) is 20.1 Å². The monoisotopic (exact) mass is 489 g/mol. The van der Waals surface area contributed by atoms with E-state index in [1.165, 1.54) is 0 Å². The molecule has 0 aliphatic heterocycles. The van der Waals surface area contributed by atoms with Crippen LogP contribution in [0.1, 0.15) is 12.5 Å². The van der Waals surface area contributed by atoms with E-state index in [1.807, 2.05) is 60.3 Å². The van der Waals surface area contributed by atoms with E-state index in [9.17, 15) is 0 Å². The number of rotatable bonds is 6. The maximum absolute atomic E-state index is 5.54. The van der Waals surface area contributed by atoms with Crippen molar-refractivity contribution in [1.29, 1.82) is 0 Å². The average molecular weight is 489 g/mol. The lowest BCUT2D eigenvalue weighted by Crippen LogP contribution is -2.13. The SMILES string of the molecule is C=C(C)CN=c1scc(-c2ccccc2OC)n1N=Cc1ccccc1I. The molecular formula is C21H20IN3OS. The van der Waals surface area contributed by atoms with Crippen LogP contribution in [0.4, 0.5) is 0 Å². The Hall–Kier alpha value is -2.19. The first kappa shape index (κ1) is 19.6. The highest BCUT2D eigenvalue weighted by Gasteiger charge is 2.12. The van der Waals surface area contributed by atoms with Gasteiger partial charge in [-0.3, -0.25) is 4.99 Å². The minimum absolute atomic E-state index is 0.574. The van der Waals surface area contributed by atoms with Crippen LogP contribution in [0, 0.1) is 3.57 Å². The summed E-state index contributed by atoms with van der Waals surface area (Å²) < 4.78 is 8.55. The first-order chi connectivity index (χ1) is 13.1. The third kappa shape index (κ3) is 4.75. The van der Waals surface area contributed by atoms with Gasteiger partial charge in [-0.1, -0.05) is 42.5 Å². The van der Waals surface area contributed by atoms with Gasteiger partial charge >= 0.3 is 0 Å². The summed E-state index contributed by atoms with van der Waals surface area (Å²) in [5, 5.41) is 6.80. The lowest BCUT2D eigenvalue weighted by atomic mass is 10.1. The predicted octanol–water partition coefficient (Wildman–Crippen LogP) is 5.19. The fraction of sp³-hybridized carbons (Fsp3) is 0.143. The molecule has 0 bridgehead atoms. The molecule has 0 saturated heterocycles. The molecule has 0 spiro atoms. The molecule has 0 aliphatic carbocycles. The molecule has 0 radical (unpaired) electrons. The average Bonchev–Trinajstić information content (AvgIpc) is 3.08. The summed E-state index contributed by atoms with van der Waals surface area (Å²) in [4.78, 5) is 5.49. The lowest BCUT2D eigenvalue weighted by Gasteiger charge is -2.08. The highest BCUT2D eigenvalue weighted by molar-refractivity contribution is 14.1. The number of hydrogen-bond donors (Lipinski definition) is 0. The maximum atomic E-state index is 5.54. The van der Waals surface area contributed by atoms with Crippen LogP contribution in [0.5, 0.6) is 5.75 Å². The normalized spacial score (nSPS) is 11.9. The molecule has 0 fully saturated rings. The van der Waals surface area contributed by atoms with E-state index in [4.69, 9.17) is 9.84 Å². The van der Waals surface area contributed by atoms with Crippen molar-refractivity contribution in [3.63, 3.8) is 0 Å². The van der Waals surface area contributed by atoms with E-state index in [0.717, 1.165) is 36.5 Å². The summed E-state index contributed by atoms with van der Waals surface area (Å²) in [6, 6.07) is 16.1. The third-order valence-electron chi connectivity index (χ3n) is 3.77. The van der Waals surface area contributed by atoms with Crippen LogP contribution in [0.2, 0.25) is 0 Å². The summed E-state index contributed by atoms with van der Waals surface area (Å²) in [5.41, 5.74) is 4.00. The van der Waals surface area contributed by atoms with Crippen molar-refractivity contribution in [2.75, 3.05) is 13.7 Å². The molecule has 3 aromatic rings. The summed E-state index contributed by atoms with van der Waals surface area (Å²) in [7, 11) is 1.68. The lowest BCUT2D eigenvalue weighted by molar-refractivity contribution is 0.416. The van der Waals surface area contributed by atoms with Crippen LogP contribution in [-0.2, 0) is 0 Å². The van der Waals surface area contributed by atoms with Gasteiger partial charge in [0.15, 0.2) is 0 Å². The van der Waals surface area contributed by atoms with Crippen molar-refractivity contribution in [1.82, 2.24) is 4.68 Å². The Balaban J connectivity index is 2.14. The summed E-state index contributed by atoms with van der Waals surface area (Å²) >= 11 is 3.87. The number of halogens is 1. The zero-order valence-electron chi connectivity index (χ0n) is 15.2. The standard InChI is InChI=1S/C21H20IN3OS/c1-15(2)12-23-21-25(24-13-16-8-4-6-10-18(16)22)19(14-27-21)17-9-5-7-11-20(17)26-3/h4-11,13-14H,1,12H2,2-3H3. The van der Waals surface area contributed by atoms with Crippen molar-refractivity contribution in [2.24, 2.45) is 10.1 Å². The minimum atomic E-state index is 0.574. The van der Waals surface area contributed by atoms with Crippen molar-refractivity contribution < 1.29 is 4.74 Å². The fourth-order valence-corrected chi connectivity index (χ4v) is 3.82. The molecule has 2 aromatic carbocycles. The second-order valence-electron chi connectivity index (χ2n) is 5.96. The maximum Gasteiger partial charge on any atom is 0.206 e. The molecule has 4 nitrogen and oxygen atoms in total. The minimum Gasteiger partial charge on any atom is -0.496 e. The smallest absolute Gasteiger partial charge is 0.206 e. The number of benzene rings is 2. The number of aromatic nitrogens is 1. The highest BCUT2D eigenvalue weighted by Crippen LogP contribution is 2.29. The van der Waals surface area contributed by atoms with E-state index >= 15 is 0 Å². The molecule has 0 atom stereocenters. The van der Waals surface area contributed by atoms with Crippen molar-refractivity contribution in [2.45, 2.75) is 6.92 Å². The zero-order valence-corrected chi connectivity index (χ0v) is 18.2. The molecule has 138 valence electrons. The Morgan fingerprint density at radius 2 is 1.96 bits per heavy atom. The summed E-state index contributed by atoms with van der Waals surface area (Å²) in [6.07, 6.45) is 1.87. The topological polar surface area (TPSA) is 38.9 Å². The number of para-hydroxylation sites is 1. The zero-order chi connectivity index (χ0) is 19.2. The number of thiazole rings is 1. The van der Waals surface area contributed by atoms with E-state index in [0.29, 0.717) is 6.54 Å². The highest BCUT2D eigenvalue weighted by atomic mass is 127. The van der Waals surface area contributed by atoms with Crippen molar-refractivity contribution >= 4 is 40.1 Å². The molecule has 0 saturated carbocycles. The van der Waals surface area contributed by atoms with Gasteiger partial charge in [0.25, 0.3) is 0 Å². The Labute approximate surface area is 176 Å². The van der Waals surface area contributed by atoms with Gasteiger partial charge in [0.2, 0.25) is 4.80 Å². The Kier molecular flexibility index (Phi) is 6.63. The van der Waals surface area contributed by atoms with E-state index in [2.05, 4.69) is 45.6 Å². The largest absolute Gasteiger partial charge is 0.496 e. The van der Waals surface area contributed by atoms with Crippen LogP contribution in [0.3, 0.4) is 0 Å². The Bertz CT molecular complexity index is 1050. The predicted molar refractivity (Wildman–Crippen MR) is 122 cm³/mol. The molecule has 0 amide bonds. The molecule has 27 heavy (non-hydrogen) atoms. The van der Waals surface area contributed by atoms with Gasteiger partial charge in [0.1, 0.15) is 5.75 Å². The quantitative estimate of drug-likeness (QED) is 0.267. The Morgan fingerprint density at radius 1 is 1.22 bits per heavy atom. The van der Waals surface area contributed by atoms with Crippen LogP contribution in [0.15, 0.2) is 76.2 Å². The molecular weight excluding hydrogens is 469 g/mol. The first-order valence-electron chi connectivity index (χ1n) is 8.38. The van der Waals surface area contributed by atoms with E-state index in [-0.39, 0.29) is 0 Å². The number of methoxy groups -OCH3 is 1. The molecule has 1 heterocycles. The van der Waals surface area contributed by atoms with E-state index in [1.54, 1.807) is 18.4 Å². The molecule has 6 heteroatoms. The molecule has 1 aromatic heterocycles. The second-order valence-corrected chi connectivity index (χ2v) is 7.95.